The number of ether oxygens (including phenoxy) is 3. The van der Waals surface area contributed by atoms with Crippen molar-refractivity contribution in [2.45, 2.75) is 4.90 Å². The fourth-order valence-electron chi connectivity index (χ4n) is 1.62. The first-order valence-corrected chi connectivity index (χ1v) is 7.42. The largest absolute Gasteiger partial charge is 0.496 e. The third-order valence-electron chi connectivity index (χ3n) is 2.61. The van der Waals surface area contributed by atoms with Crippen molar-refractivity contribution in [2.24, 2.45) is 0 Å². The van der Waals surface area contributed by atoms with Gasteiger partial charge in [-0.15, -0.1) is 12.4 Å². The number of benzene rings is 1. The highest BCUT2D eigenvalue weighted by atomic mass is 35.5. The van der Waals surface area contributed by atoms with E-state index >= 15 is 0 Å². The molecule has 0 heterocycles. The summed E-state index contributed by atoms with van der Waals surface area (Å²) >= 11 is 0. The second-order valence-corrected chi connectivity index (χ2v) is 5.57. The first-order valence-electron chi connectivity index (χ1n) is 5.94. The van der Waals surface area contributed by atoms with Crippen LogP contribution in [0.1, 0.15) is 0 Å². The number of methoxy groups -OCH3 is 3. The maximum Gasteiger partial charge on any atom is 0.248 e. The van der Waals surface area contributed by atoms with Gasteiger partial charge in [0, 0.05) is 25.2 Å². The smallest absolute Gasteiger partial charge is 0.248 e. The van der Waals surface area contributed by atoms with Crippen molar-refractivity contribution >= 4 is 22.4 Å². The van der Waals surface area contributed by atoms with E-state index in [-0.39, 0.29) is 35.3 Å². The predicted molar refractivity (Wildman–Crippen MR) is 82.5 cm³/mol. The highest BCUT2D eigenvalue weighted by Gasteiger charge is 2.25. The molecule has 1 aromatic carbocycles. The van der Waals surface area contributed by atoms with E-state index in [1.165, 1.54) is 33.5 Å². The molecule has 2 N–H and O–H groups in total. The Morgan fingerprint density at radius 3 is 1.90 bits per heavy atom. The second-order valence-electron chi connectivity index (χ2n) is 3.86. The molecule has 7 nitrogen and oxygen atoms in total. The van der Waals surface area contributed by atoms with Crippen molar-refractivity contribution < 1.29 is 22.6 Å². The summed E-state index contributed by atoms with van der Waals surface area (Å²) in [6, 6.07) is 2.99. The van der Waals surface area contributed by atoms with Crippen LogP contribution in [0.2, 0.25) is 0 Å². The Kier molecular flexibility index (Phi) is 8.41. The molecule has 0 aliphatic rings. The van der Waals surface area contributed by atoms with Crippen LogP contribution < -0.4 is 24.2 Å². The van der Waals surface area contributed by atoms with Gasteiger partial charge in [0.1, 0.15) is 17.2 Å². The van der Waals surface area contributed by atoms with Crippen molar-refractivity contribution in [3.8, 4) is 17.2 Å². The zero-order valence-electron chi connectivity index (χ0n) is 12.4. The first-order chi connectivity index (χ1) is 9.50. The van der Waals surface area contributed by atoms with Crippen LogP contribution in [0.25, 0.3) is 0 Å². The van der Waals surface area contributed by atoms with E-state index in [1.807, 2.05) is 0 Å². The molecule has 0 saturated heterocycles. The summed E-state index contributed by atoms with van der Waals surface area (Å²) in [4.78, 5) is -0.0422. The number of hydrogen-bond donors (Lipinski definition) is 2. The van der Waals surface area contributed by atoms with Crippen LogP contribution in [0.15, 0.2) is 17.0 Å². The van der Waals surface area contributed by atoms with Crippen molar-refractivity contribution in [1.82, 2.24) is 10.0 Å². The van der Waals surface area contributed by atoms with Crippen LogP contribution in [0, 0.1) is 0 Å². The quantitative estimate of drug-likeness (QED) is 0.675. The van der Waals surface area contributed by atoms with Gasteiger partial charge < -0.3 is 19.5 Å². The lowest BCUT2D eigenvalue weighted by Gasteiger charge is -2.15. The van der Waals surface area contributed by atoms with E-state index in [0.29, 0.717) is 12.3 Å². The highest BCUT2D eigenvalue weighted by Crippen LogP contribution is 2.37. The van der Waals surface area contributed by atoms with Crippen molar-refractivity contribution in [2.75, 3.05) is 41.5 Å². The number of sulfonamides is 1. The van der Waals surface area contributed by atoms with E-state index in [0.717, 1.165) is 0 Å². The molecular formula is C12H21ClN2O5S. The number of hydrogen-bond acceptors (Lipinski definition) is 6. The molecule has 0 aliphatic heterocycles. The minimum Gasteiger partial charge on any atom is -0.496 e. The maximum absolute atomic E-state index is 12.3. The van der Waals surface area contributed by atoms with Crippen molar-refractivity contribution in [3.05, 3.63) is 12.1 Å². The molecule has 1 aromatic rings. The Morgan fingerprint density at radius 2 is 1.52 bits per heavy atom. The van der Waals surface area contributed by atoms with Gasteiger partial charge in [-0.05, 0) is 7.05 Å². The van der Waals surface area contributed by atoms with E-state index in [2.05, 4.69) is 10.0 Å². The average Bonchev–Trinajstić information content (AvgIpc) is 2.45. The van der Waals surface area contributed by atoms with Crippen LogP contribution in [0.3, 0.4) is 0 Å². The van der Waals surface area contributed by atoms with Crippen molar-refractivity contribution in [3.63, 3.8) is 0 Å². The zero-order valence-corrected chi connectivity index (χ0v) is 14.1. The monoisotopic (exact) mass is 340 g/mol. The van der Waals surface area contributed by atoms with E-state index in [9.17, 15) is 8.42 Å². The summed E-state index contributed by atoms with van der Waals surface area (Å²) < 4.78 is 42.5. The SMILES string of the molecule is CNCCNS(=O)(=O)c1c(OC)cc(OC)cc1OC.Cl. The van der Waals surface area contributed by atoms with Gasteiger partial charge in [0.25, 0.3) is 0 Å². The van der Waals surface area contributed by atoms with Crippen LogP contribution in [-0.2, 0) is 10.0 Å². The minimum absolute atomic E-state index is 0. The number of likely N-dealkylation sites (N-methyl/N-ethyl adjacent to an activating group) is 1. The molecule has 0 unspecified atom stereocenters. The third kappa shape index (κ3) is 4.92. The normalized spacial score (nSPS) is 10.7. The summed E-state index contributed by atoms with van der Waals surface area (Å²) in [6.45, 7) is 0.775. The van der Waals surface area contributed by atoms with Gasteiger partial charge in [-0.3, -0.25) is 0 Å². The van der Waals surface area contributed by atoms with Crippen LogP contribution in [0.4, 0.5) is 0 Å². The van der Waals surface area contributed by atoms with Gasteiger partial charge in [-0.1, -0.05) is 0 Å². The zero-order chi connectivity index (χ0) is 15.2. The molecule has 0 fully saturated rings. The second kappa shape index (κ2) is 8.93. The predicted octanol–water partition coefficient (Wildman–Crippen LogP) is 0.632. The lowest BCUT2D eigenvalue weighted by molar-refractivity contribution is 0.359. The molecule has 9 heteroatoms. The Labute approximate surface area is 131 Å². The van der Waals surface area contributed by atoms with Gasteiger partial charge >= 0.3 is 0 Å². The van der Waals surface area contributed by atoms with E-state index in [4.69, 9.17) is 14.2 Å². The summed E-state index contributed by atoms with van der Waals surface area (Å²) in [5.41, 5.74) is 0. The highest BCUT2D eigenvalue weighted by molar-refractivity contribution is 7.89. The third-order valence-corrected chi connectivity index (χ3v) is 4.13. The molecule has 0 atom stereocenters. The number of halogens is 1. The summed E-state index contributed by atoms with van der Waals surface area (Å²) in [5.74, 6) is 0.782. The molecule has 0 aliphatic carbocycles. The fourth-order valence-corrected chi connectivity index (χ4v) is 2.95. The molecule has 0 bridgehead atoms. The maximum atomic E-state index is 12.3. The molecule has 0 aromatic heterocycles. The summed E-state index contributed by atoms with van der Waals surface area (Å²) in [7, 11) is 2.26. The van der Waals surface area contributed by atoms with Gasteiger partial charge in [-0.2, -0.15) is 0 Å². The lowest BCUT2D eigenvalue weighted by Crippen LogP contribution is -2.31. The molecule has 21 heavy (non-hydrogen) atoms. The minimum atomic E-state index is -3.74. The lowest BCUT2D eigenvalue weighted by atomic mass is 10.3. The van der Waals surface area contributed by atoms with E-state index < -0.39 is 10.0 Å². The Hall–Kier alpha value is -1.22. The van der Waals surface area contributed by atoms with Gasteiger partial charge in [0.05, 0.1) is 21.3 Å². The van der Waals surface area contributed by atoms with Crippen LogP contribution in [-0.4, -0.2) is 49.9 Å². The Bertz CT molecular complexity index is 526. The van der Waals surface area contributed by atoms with Crippen LogP contribution in [0.5, 0.6) is 17.2 Å². The molecule has 0 spiro atoms. The molecule has 0 amide bonds. The summed E-state index contributed by atoms with van der Waals surface area (Å²) in [6.07, 6.45) is 0. The molecule has 0 saturated carbocycles. The molecule has 122 valence electrons. The van der Waals surface area contributed by atoms with Crippen LogP contribution >= 0.6 is 12.4 Å². The topological polar surface area (TPSA) is 85.9 Å². The van der Waals surface area contributed by atoms with E-state index in [1.54, 1.807) is 7.05 Å². The van der Waals surface area contributed by atoms with Gasteiger partial charge in [-0.25, -0.2) is 13.1 Å². The van der Waals surface area contributed by atoms with Gasteiger partial charge in [0.15, 0.2) is 4.90 Å². The number of nitrogens with one attached hydrogen (secondary N) is 2. The molecule has 1 rings (SSSR count). The summed E-state index contributed by atoms with van der Waals surface area (Å²) in [5, 5.41) is 2.86. The average molecular weight is 341 g/mol. The standard InChI is InChI=1S/C12H20N2O5S.ClH/c1-13-5-6-14-20(15,16)12-10(18-3)7-9(17-2)8-11(12)19-4;/h7-8,13-14H,5-6H2,1-4H3;1H. The molecular weight excluding hydrogens is 320 g/mol. The first kappa shape index (κ1) is 19.8. The molecule has 0 radical (unpaired) electrons. The fraction of sp³-hybridized carbons (Fsp3) is 0.500. The Morgan fingerprint density at radius 1 is 1.00 bits per heavy atom. The van der Waals surface area contributed by atoms with Crippen molar-refractivity contribution in [1.29, 1.82) is 0 Å². The number of rotatable bonds is 8. The Balaban J connectivity index is 0.00000400. The van der Waals surface area contributed by atoms with Gasteiger partial charge in [0.2, 0.25) is 10.0 Å².